The summed E-state index contributed by atoms with van der Waals surface area (Å²) in [7, 11) is 0. The van der Waals surface area contributed by atoms with E-state index < -0.39 is 0 Å². The van der Waals surface area contributed by atoms with Crippen molar-refractivity contribution < 1.29 is 4.42 Å². The number of H-pyrrole nitrogens is 1. The summed E-state index contributed by atoms with van der Waals surface area (Å²) in [6.07, 6.45) is 8.56. The van der Waals surface area contributed by atoms with Crippen LogP contribution in [0.2, 0.25) is 0 Å². The molecule has 2 aliphatic rings. The number of benzene rings is 1. The summed E-state index contributed by atoms with van der Waals surface area (Å²) in [4.78, 5) is 0. The molecule has 2 aliphatic carbocycles. The minimum absolute atomic E-state index is 0.648. The quantitative estimate of drug-likeness (QED) is 0.649. The Bertz CT molecular complexity index is 855. The number of furan rings is 1. The molecule has 1 N–H and O–H groups in total. The second-order valence-electron chi connectivity index (χ2n) is 6.09. The lowest BCUT2D eigenvalue weighted by Gasteiger charge is -2.22. The second-order valence-corrected chi connectivity index (χ2v) is 6.09. The maximum absolute atomic E-state index is 5.69. The van der Waals surface area contributed by atoms with E-state index >= 15 is 0 Å². The van der Waals surface area contributed by atoms with Gasteiger partial charge in [0.2, 0.25) is 0 Å². The lowest BCUT2D eigenvalue weighted by molar-refractivity contribution is 0.533. The van der Waals surface area contributed by atoms with E-state index in [4.69, 9.17) is 4.42 Å². The Labute approximate surface area is 136 Å². The normalized spacial score (nSPS) is 19.3. The molecule has 3 heteroatoms. The Morgan fingerprint density at radius 1 is 1.22 bits per heavy atom. The summed E-state index contributed by atoms with van der Waals surface area (Å²) in [5.41, 5.74) is 6.96. The number of allylic oxidation sites excluding steroid dienone is 2. The molecule has 0 saturated carbocycles. The van der Waals surface area contributed by atoms with Gasteiger partial charge in [-0.05, 0) is 72.1 Å². The number of aromatic amines is 1. The first-order valence-corrected chi connectivity index (χ1v) is 8.64. The van der Waals surface area contributed by atoms with Crippen LogP contribution in [0.5, 0.6) is 0 Å². The third-order valence-electron chi connectivity index (χ3n) is 5.01. The first kappa shape index (κ1) is 14.3. The number of hydrogen-bond donors (Lipinski definition) is 1. The van der Waals surface area contributed by atoms with Crippen molar-refractivity contribution in [2.45, 2.75) is 39.5 Å². The zero-order valence-electron chi connectivity index (χ0n) is 13.7. The lowest BCUT2D eigenvalue weighted by Crippen LogP contribution is -2.07. The highest BCUT2D eigenvalue weighted by atomic mass is 16.3. The minimum Gasteiger partial charge on any atom is -0.465 e. The third-order valence-corrected chi connectivity index (χ3v) is 5.01. The van der Waals surface area contributed by atoms with Crippen molar-refractivity contribution in [3.05, 3.63) is 53.6 Å². The summed E-state index contributed by atoms with van der Waals surface area (Å²) in [5.74, 6) is 1.70. The summed E-state index contributed by atoms with van der Waals surface area (Å²) in [6, 6.07) is 8.51. The van der Waals surface area contributed by atoms with Crippen molar-refractivity contribution in [3.63, 3.8) is 0 Å². The van der Waals surface area contributed by atoms with E-state index in [1.165, 1.54) is 40.5 Å². The van der Waals surface area contributed by atoms with E-state index in [1.54, 1.807) is 6.26 Å². The molecule has 0 spiro atoms. The molecule has 3 nitrogen and oxygen atoms in total. The van der Waals surface area contributed by atoms with Gasteiger partial charge in [0.25, 0.3) is 0 Å². The van der Waals surface area contributed by atoms with Crippen LogP contribution in [-0.4, -0.2) is 10.2 Å². The molecule has 1 aromatic carbocycles. The van der Waals surface area contributed by atoms with Gasteiger partial charge in [-0.3, -0.25) is 5.10 Å². The molecule has 5 rings (SSSR count). The van der Waals surface area contributed by atoms with Gasteiger partial charge >= 0.3 is 0 Å². The third kappa shape index (κ3) is 2.14. The van der Waals surface area contributed by atoms with Gasteiger partial charge in [0, 0.05) is 5.39 Å². The van der Waals surface area contributed by atoms with Crippen LogP contribution in [0.3, 0.4) is 0 Å². The zero-order valence-corrected chi connectivity index (χ0v) is 13.7. The number of hydrogen-bond acceptors (Lipinski definition) is 2. The average Bonchev–Trinajstić information content (AvgIpc) is 3.33. The fourth-order valence-electron chi connectivity index (χ4n) is 4.14. The van der Waals surface area contributed by atoms with Crippen molar-refractivity contribution in [2.24, 2.45) is 5.92 Å². The van der Waals surface area contributed by atoms with Crippen molar-refractivity contribution in [1.82, 2.24) is 10.2 Å². The average molecular weight is 306 g/mol. The molecule has 0 aliphatic heterocycles. The van der Waals surface area contributed by atoms with Gasteiger partial charge in [-0.25, -0.2) is 0 Å². The molecule has 0 fully saturated rings. The largest absolute Gasteiger partial charge is 0.465 e. The van der Waals surface area contributed by atoms with E-state index in [-0.39, 0.29) is 0 Å². The van der Waals surface area contributed by atoms with E-state index in [2.05, 4.69) is 28.4 Å². The Hall–Kier alpha value is -2.29. The van der Waals surface area contributed by atoms with Gasteiger partial charge in [-0.15, -0.1) is 0 Å². The van der Waals surface area contributed by atoms with E-state index in [1.807, 2.05) is 26.1 Å². The molecule has 0 radical (unpaired) electrons. The first-order valence-electron chi connectivity index (χ1n) is 8.64. The molecule has 118 valence electrons. The Kier molecular flexibility index (Phi) is 3.56. The number of nitrogens with one attached hydrogen (secondary N) is 1. The SMILES string of the molecule is CC.c1coc(C2=C3c4ccc5[nH]ncc5c4CC3CCC2)c1. The van der Waals surface area contributed by atoms with Gasteiger partial charge < -0.3 is 4.42 Å². The van der Waals surface area contributed by atoms with E-state index in [0.29, 0.717) is 5.92 Å². The Morgan fingerprint density at radius 2 is 2.13 bits per heavy atom. The van der Waals surface area contributed by atoms with Gasteiger partial charge in [-0.2, -0.15) is 5.10 Å². The number of rotatable bonds is 1. The molecular formula is C20H22N2O. The van der Waals surface area contributed by atoms with Gasteiger partial charge in [0.15, 0.2) is 0 Å². The topological polar surface area (TPSA) is 41.8 Å². The summed E-state index contributed by atoms with van der Waals surface area (Å²) in [5, 5.41) is 8.58. The highest BCUT2D eigenvalue weighted by Gasteiger charge is 2.34. The first-order chi connectivity index (χ1) is 11.4. The summed E-state index contributed by atoms with van der Waals surface area (Å²) in [6.45, 7) is 4.00. The number of aromatic nitrogens is 2. The number of nitrogens with zero attached hydrogens (tertiary/aromatic N) is 1. The molecular weight excluding hydrogens is 284 g/mol. The molecule has 0 bridgehead atoms. The van der Waals surface area contributed by atoms with Crippen LogP contribution >= 0.6 is 0 Å². The maximum atomic E-state index is 5.69. The highest BCUT2D eigenvalue weighted by Crippen LogP contribution is 2.50. The molecule has 1 unspecified atom stereocenters. The standard InChI is InChI=1S/C18H16N2O.C2H6/c1-3-11-9-14-12(6-7-16-15(14)10-19-20-16)18(11)13(4-1)17-5-2-8-21-17;1-2/h2,5-8,10-11H,1,3-4,9H2,(H,19,20);1-2H3. The van der Waals surface area contributed by atoms with Gasteiger partial charge in [-0.1, -0.05) is 19.9 Å². The lowest BCUT2D eigenvalue weighted by atomic mass is 9.82. The van der Waals surface area contributed by atoms with Crippen LogP contribution in [0, 0.1) is 5.92 Å². The zero-order chi connectivity index (χ0) is 15.8. The highest BCUT2D eigenvalue weighted by molar-refractivity contribution is 5.99. The van der Waals surface area contributed by atoms with Crippen LogP contribution in [0.25, 0.3) is 22.0 Å². The predicted molar refractivity (Wildman–Crippen MR) is 94.0 cm³/mol. The van der Waals surface area contributed by atoms with Crippen LogP contribution in [0.1, 0.15) is 50.0 Å². The second kappa shape index (κ2) is 5.73. The van der Waals surface area contributed by atoms with Crippen LogP contribution in [0.4, 0.5) is 0 Å². The molecule has 3 aromatic rings. The minimum atomic E-state index is 0.648. The molecule has 23 heavy (non-hydrogen) atoms. The molecule has 0 amide bonds. The predicted octanol–water partition coefficient (Wildman–Crippen LogP) is 5.45. The fraction of sp³-hybridized carbons (Fsp3) is 0.350. The fourth-order valence-corrected chi connectivity index (χ4v) is 4.14. The number of fused-ring (bicyclic) bond motifs is 5. The Balaban J connectivity index is 0.000000652. The van der Waals surface area contributed by atoms with Crippen LogP contribution in [-0.2, 0) is 6.42 Å². The molecule has 1 atom stereocenters. The van der Waals surface area contributed by atoms with Crippen molar-refractivity contribution in [2.75, 3.05) is 0 Å². The Morgan fingerprint density at radius 3 is 2.96 bits per heavy atom. The van der Waals surface area contributed by atoms with Crippen LogP contribution in [0.15, 0.2) is 41.1 Å². The molecule has 2 heterocycles. The van der Waals surface area contributed by atoms with Gasteiger partial charge in [0.1, 0.15) is 5.76 Å². The molecule has 2 aromatic heterocycles. The van der Waals surface area contributed by atoms with Crippen molar-refractivity contribution in [1.29, 1.82) is 0 Å². The summed E-state index contributed by atoms with van der Waals surface area (Å²) >= 11 is 0. The van der Waals surface area contributed by atoms with Crippen LogP contribution < -0.4 is 0 Å². The van der Waals surface area contributed by atoms with Gasteiger partial charge in [0.05, 0.1) is 18.0 Å². The van der Waals surface area contributed by atoms with E-state index in [0.717, 1.165) is 24.1 Å². The smallest absolute Gasteiger partial charge is 0.130 e. The van der Waals surface area contributed by atoms with E-state index in [9.17, 15) is 0 Å². The van der Waals surface area contributed by atoms with Crippen molar-refractivity contribution in [3.8, 4) is 0 Å². The summed E-state index contributed by atoms with van der Waals surface area (Å²) < 4.78 is 5.69. The maximum Gasteiger partial charge on any atom is 0.130 e. The monoisotopic (exact) mass is 306 g/mol. The van der Waals surface area contributed by atoms with Crippen molar-refractivity contribution >= 4 is 22.0 Å². The molecule has 0 saturated heterocycles.